The summed E-state index contributed by atoms with van der Waals surface area (Å²) < 4.78 is 9.74. The van der Waals surface area contributed by atoms with E-state index in [0.29, 0.717) is 0 Å². The first-order valence-corrected chi connectivity index (χ1v) is 4.72. The van der Waals surface area contributed by atoms with Crippen LogP contribution in [0, 0.1) is 0 Å². The molecule has 0 aliphatic heterocycles. The first-order valence-electron chi connectivity index (χ1n) is 4.72. The second kappa shape index (κ2) is 6.95. The van der Waals surface area contributed by atoms with Crippen LogP contribution in [-0.4, -0.2) is 74.8 Å². The van der Waals surface area contributed by atoms with Crippen molar-refractivity contribution in [2.75, 3.05) is 0 Å². The molecule has 0 unspecified atom stereocenters. The molecule has 0 radical (unpaired) electrons. The van der Waals surface area contributed by atoms with Gasteiger partial charge in [-0.2, -0.15) is 0 Å². The van der Waals surface area contributed by atoms with Gasteiger partial charge < -0.3 is 9.47 Å². The van der Waals surface area contributed by atoms with Crippen molar-refractivity contribution in [3.63, 3.8) is 0 Å². The van der Waals surface area contributed by atoms with Gasteiger partial charge in [0.2, 0.25) is 0 Å². The van der Waals surface area contributed by atoms with Crippen molar-refractivity contribution >= 4 is 63.6 Å². The van der Waals surface area contributed by atoms with Gasteiger partial charge in [-0.15, -0.1) is 0 Å². The third-order valence-electron chi connectivity index (χ3n) is 1.00. The Kier molecular flexibility index (Phi) is 8.14. The Hall–Kier alpha value is 0.376. The van der Waals surface area contributed by atoms with E-state index in [4.69, 9.17) is 9.47 Å². The fourth-order valence-electron chi connectivity index (χ4n) is 0.691. The van der Waals surface area contributed by atoms with E-state index in [2.05, 4.69) is 0 Å². The maximum atomic E-state index is 11.1. The van der Waals surface area contributed by atoms with Gasteiger partial charge in [-0.25, -0.2) is 14.9 Å². The molecule has 1 N–H and O–H groups in total. The zero-order valence-electron chi connectivity index (χ0n) is 10.1. The summed E-state index contributed by atoms with van der Waals surface area (Å²) in [6, 6.07) is 0. The Morgan fingerprint density at radius 1 is 0.812 bits per heavy atom. The summed E-state index contributed by atoms with van der Waals surface area (Å²) in [5.41, 5.74) is -1.27. The quantitative estimate of drug-likeness (QED) is 0.672. The molecule has 0 bridgehead atoms. The molecule has 0 saturated heterocycles. The number of nitrogens with one attached hydrogen (secondary N) is 1. The Morgan fingerprint density at radius 2 is 1.06 bits per heavy atom. The Labute approximate surface area is 139 Å². The summed E-state index contributed by atoms with van der Waals surface area (Å²) in [5.74, 6) is 0. The minimum absolute atomic E-state index is 0. The van der Waals surface area contributed by atoms with E-state index >= 15 is 0 Å². The summed E-state index contributed by atoms with van der Waals surface area (Å²) >= 11 is 0. The van der Waals surface area contributed by atoms with Gasteiger partial charge >= 0.3 is 63.6 Å². The summed E-state index contributed by atoms with van der Waals surface area (Å²) in [6.45, 7) is 10.3. The van der Waals surface area contributed by atoms with Crippen molar-refractivity contribution < 1.29 is 19.1 Å². The molecule has 0 atom stereocenters. The van der Waals surface area contributed by atoms with E-state index in [1.807, 2.05) is 5.32 Å². The molecule has 90 valence electrons. The predicted octanol–water partition coefficient (Wildman–Crippen LogP) is 1.80. The number of hydrogen-bond donors (Lipinski definition) is 1. The van der Waals surface area contributed by atoms with Crippen molar-refractivity contribution in [1.29, 1.82) is 0 Å². The number of imide groups is 1. The first-order chi connectivity index (χ1) is 6.49. The van der Waals surface area contributed by atoms with Crippen LogP contribution in [0.2, 0.25) is 0 Å². The number of alkyl carbamates (subject to hydrolysis) is 2. The zero-order chi connectivity index (χ0) is 12.3. The number of hydrogen-bond acceptors (Lipinski definition) is 4. The molecule has 0 saturated carbocycles. The molecular formula is C10H20KNO4. The van der Waals surface area contributed by atoms with Crippen molar-refractivity contribution in [3.8, 4) is 0 Å². The summed E-state index contributed by atoms with van der Waals surface area (Å²) in [6.07, 6.45) is -1.62. The van der Waals surface area contributed by atoms with Crippen molar-refractivity contribution in [3.05, 3.63) is 0 Å². The van der Waals surface area contributed by atoms with Gasteiger partial charge in [0.05, 0.1) is 0 Å². The normalized spacial score (nSPS) is 11.1. The van der Waals surface area contributed by atoms with Crippen LogP contribution >= 0.6 is 0 Å². The fourth-order valence-corrected chi connectivity index (χ4v) is 0.691. The van der Waals surface area contributed by atoms with Gasteiger partial charge in [-0.05, 0) is 41.5 Å². The van der Waals surface area contributed by atoms with Gasteiger partial charge in [0, 0.05) is 0 Å². The Bertz CT molecular complexity index is 227. The van der Waals surface area contributed by atoms with E-state index < -0.39 is 23.4 Å². The zero-order valence-corrected chi connectivity index (χ0v) is 10.1. The van der Waals surface area contributed by atoms with Crippen LogP contribution in [0.5, 0.6) is 0 Å². The SMILES string of the molecule is CC(C)(C)OC(=O)NC(=O)OC(C)(C)C.[KH]. The van der Waals surface area contributed by atoms with Crippen LogP contribution in [0.4, 0.5) is 9.59 Å². The van der Waals surface area contributed by atoms with Crippen molar-refractivity contribution in [1.82, 2.24) is 5.32 Å². The van der Waals surface area contributed by atoms with Crippen molar-refractivity contribution in [2.24, 2.45) is 0 Å². The molecule has 0 aromatic rings. The molecule has 0 fully saturated rings. The van der Waals surface area contributed by atoms with Gasteiger partial charge in [-0.3, -0.25) is 0 Å². The number of carbonyl (C=O) groups excluding carboxylic acids is 2. The topological polar surface area (TPSA) is 64.6 Å². The van der Waals surface area contributed by atoms with Crippen LogP contribution < -0.4 is 5.32 Å². The molecule has 0 aliphatic rings. The second-order valence-corrected chi connectivity index (χ2v) is 5.13. The monoisotopic (exact) mass is 257 g/mol. The third kappa shape index (κ3) is 12.4. The average Bonchev–Trinajstić information content (AvgIpc) is 1.73. The predicted molar refractivity (Wildman–Crippen MR) is 62.8 cm³/mol. The van der Waals surface area contributed by atoms with Crippen LogP contribution in [0.25, 0.3) is 0 Å². The van der Waals surface area contributed by atoms with E-state index in [9.17, 15) is 9.59 Å². The summed E-state index contributed by atoms with van der Waals surface area (Å²) in [5, 5.41) is 1.97. The van der Waals surface area contributed by atoms with E-state index in [0.717, 1.165) is 0 Å². The number of carbonyl (C=O) groups is 2. The molecule has 0 aliphatic carbocycles. The molecule has 0 rings (SSSR count). The minimum atomic E-state index is -0.809. The molecule has 2 amide bonds. The van der Waals surface area contributed by atoms with Crippen LogP contribution in [0.1, 0.15) is 41.5 Å². The molecule has 0 aromatic carbocycles. The molecule has 0 aromatic heterocycles. The van der Waals surface area contributed by atoms with Crippen LogP contribution in [-0.2, 0) is 9.47 Å². The molecular weight excluding hydrogens is 237 g/mol. The third-order valence-corrected chi connectivity index (χ3v) is 1.00. The van der Waals surface area contributed by atoms with Crippen molar-refractivity contribution in [2.45, 2.75) is 52.7 Å². The van der Waals surface area contributed by atoms with Crippen LogP contribution in [0.15, 0.2) is 0 Å². The average molecular weight is 257 g/mol. The van der Waals surface area contributed by atoms with E-state index in [-0.39, 0.29) is 51.4 Å². The number of amides is 2. The summed E-state index contributed by atoms with van der Waals surface area (Å²) in [4.78, 5) is 22.2. The maximum absolute atomic E-state index is 11.1. The van der Waals surface area contributed by atoms with Gasteiger partial charge in [0.25, 0.3) is 0 Å². The molecule has 0 heterocycles. The van der Waals surface area contributed by atoms with Gasteiger partial charge in [0.1, 0.15) is 11.2 Å². The number of ether oxygens (including phenoxy) is 2. The number of rotatable bonds is 0. The molecule has 5 nitrogen and oxygen atoms in total. The molecule has 6 heteroatoms. The fraction of sp³-hybridized carbons (Fsp3) is 0.800. The van der Waals surface area contributed by atoms with Crippen LogP contribution in [0.3, 0.4) is 0 Å². The second-order valence-electron chi connectivity index (χ2n) is 5.13. The first kappa shape index (κ1) is 18.7. The van der Waals surface area contributed by atoms with Gasteiger partial charge in [0.15, 0.2) is 0 Å². The van der Waals surface area contributed by atoms with E-state index in [1.165, 1.54) is 0 Å². The Morgan fingerprint density at radius 3 is 1.25 bits per heavy atom. The molecule has 16 heavy (non-hydrogen) atoms. The molecule has 0 spiro atoms. The van der Waals surface area contributed by atoms with E-state index in [1.54, 1.807) is 41.5 Å². The van der Waals surface area contributed by atoms with Gasteiger partial charge in [-0.1, -0.05) is 0 Å². The Balaban J connectivity index is 0. The summed E-state index contributed by atoms with van der Waals surface area (Å²) in [7, 11) is 0. The standard InChI is InChI=1S/C10H19NO4.K.H/c1-9(2,3)14-7(12)11-8(13)15-10(4,5)6;;/h1-6H3,(H,11,12,13);;.